The van der Waals surface area contributed by atoms with Crippen molar-refractivity contribution in [1.29, 1.82) is 0 Å². The minimum atomic E-state index is -0.989. The third kappa shape index (κ3) is 12.8. The van der Waals surface area contributed by atoms with Crippen LogP contribution in [0, 0.1) is 0 Å². The summed E-state index contributed by atoms with van der Waals surface area (Å²) in [6.45, 7) is 0. The summed E-state index contributed by atoms with van der Waals surface area (Å²) in [5, 5.41) is 8.32. The van der Waals surface area contributed by atoms with E-state index in [4.69, 9.17) is 19.1 Å². The van der Waals surface area contributed by atoms with Crippen LogP contribution in [0.3, 0.4) is 0 Å². The van der Waals surface area contributed by atoms with Gasteiger partial charge in [-0.2, -0.15) is 0 Å². The number of halogens is 8. The van der Waals surface area contributed by atoms with Gasteiger partial charge in [0, 0.05) is 26.8 Å². The van der Waals surface area contributed by atoms with Gasteiger partial charge in [0.2, 0.25) is 0 Å². The Balaban J connectivity index is 0.000000197. The Bertz CT molecular complexity index is 1460. The number of rotatable bonds is 6. The van der Waals surface area contributed by atoms with Crippen molar-refractivity contribution in [3.05, 3.63) is 172 Å². The van der Waals surface area contributed by atoms with Crippen molar-refractivity contribution in [2.45, 2.75) is 0 Å². The van der Waals surface area contributed by atoms with Crippen LogP contribution in [-0.4, -0.2) is 0 Å². The van der Waals surface area contributed by atoms with Gasteiger partial charge in [-0.15, -0.1) is 0 Å². The average Bonchev–Trinajstić information content (AvgIpc) is 3.07. The van der Waals surface area contributed by atoms with E-state index in [1.165, 1.54) is 31.8 Å². The molecule has 11 heteroatoms. The van der Waals surface area contributed by atoms with Crippen molar-refractivity contribution in [3.8, 4) is 0 Å². The zero-order valence-electron chi connectivity index (χ0n) is 24.2. The van der Waals surface area contributed by atoms with Crippen LogP contribution >= 0.6 is 130 Å². The molecule has 0 radical (unpaired) electrons. The molecule has 0 atom stereocenters. The molecule has 0 aliphatic rings. The molecule has 0 saturated heterocycles. The summed E-state index contributed by atoms with van der Waals surface area (Å²) in [4.78, 5) is 0. The molecule has 0 nitrogen and oxygen atoms in total. The number of hydrogen-bond donors (Lipinski definition) is 0. The van der Waals surface area contributed by atoms with E-state index < -0.39 is 15.8 Å². The molecule has 6 aromatic carbocycles. The molecule has 47 heavy (non-hydrogen) atoms. The van der Waals surface area contributed by atoms with Crippen LogP contribution in [0.4, 0.5) is 0 Å². The molecule has 0 aliphatic carbocycles. The van der Waals surface area contributed by atoms with Gasteiger partial charge in [0.25, 0.3) is 0 Å². The number of benzene rings is 6. The molecular weight excluding hydrogens is 1150 g/mol. The first-order valence-electron chi connectivity index (χ1n) is 13.8. The maximum absolute atomic E-state index is 4.81. The predicted octanol–water partition coefficient (Wildman–Crippen LogP) is 12.3. The molecule has 244 valence electrons. The standard InChI is InChI=1S/2C18H12Br3P.2ClH.Pd/c2*19-13-1-7-16(8-2-13)22(17-9-3-14(20)4-10-17)18-11-5-15(21)6-12-18;;;/h2*1-12H;2*1H;/q;;;;+2. The monoisotopic (exact) mass is 1170 g/mol. The molecular formula is C36H26Br6Cl2P2Pd+2. The first-order chi connectivity index (χ1) is 22.7. The van der Waals surface area contributed by atoms with Crippen LogP contribution in [0.25, 0.3) is 0 Å². The fraction of sp³-hybridized carbons (Fsp3) is 0. The second-order valence-electron chi connectivity index (χ2n) is 9.84. The summed E-state index contributed by atoms with van der Waals surface area (Å²) in [5.41, 5.74) is 0. The van der Waals surface area contributed by atoms with Gasteiger partial charge in [0.15, 0.2) is 0 Å². The molecule has 0 unspecified atom stereocenters. The molecule has 0 bridgehead atoms. The number of hydrogen-bond acceptors (Lipinski definition) is 0. The third-order valence-corrected chi connectivity index (χ3v) is 15.4. The Hall–Kier alpha value is 0.302. The Morgan fingerprint density at radius 2 is 0.383 bits per heavy atom. The van der Waals surface area contributed by atoms with Gasteiger partial charge in [-0.05, 0) is 146 Å². The normalized spacial score (nSPS) is 10.7. The fourth-order valence-corrected chi connectivity index (χ4v) is 11.3. The Labute approximate surface area is 346 Å². The topological polar surface area (TPSA) is 0 Å². The quantitative estimate of drug-likeness (QED) is 0.115. The molecule has 0 saturated carbocycles. The summed E-state index contributed by atoms with van der Waals surface area (Å²) in [6, 6.07) is 52.2. The molecule has 0 spiro atoms. The Morgan fingerprint density at radius 1 is 0.277 bits per heavy atom. The maximum atomic E-state index is 4.81. The molecule has 6 rings (SSSR count). The fourth-order valence-electron chi connectivity index (χ4n) is 4.70. The van der Waals surface area contributed by atoms with Gasteiger partial charge >= 0.3 is 35.0 Å². The van der Waals surface area contributed by atoms with Crippen molar-refractivity contribution in [2.75, 3.05) is 0 Å². The van der Waals surface area contributed by atoms with Gasteiger partial charge in [-0.3, -0.25) is 0 Å². The van der Waals surface area contributed by atoms with Crippen molar-refractivity contribution in [2.24, 2.45) is 0 Å². The van der Waals surface area contributed by atoms with Crippen LogP contribution in [0.2, 0.25) is 0 Å². The Morgan fingerprint density at radius 3 is 0.489 bits per heavy atom. The van der Waals surface area contributed by atoms with E-state index in [2.05, 4.69) is 241 Å². The zero-order chi connectivity index (χ0) is 33.8. The van der Waals surface area contributed by atoms with Crippen LogP contribution in [-0.2, 0) is 15.9 Å². The van der Waals surface area contributed by atoms with E-state index >= 15 is 0 Å². The third-order valence-electron chi connectivity index (χ3n) is 6.80. The van der Waals surface area contributed by atoms with Crippen LogP contribution in [0.5, 0.6) is 0 Å². The van der Waals surface area contributed by atoms with Gasteiger partial charge in [-0.25, -0.2) is 0 Å². The molecule has 0 N–H and O–H groups in total. The van der Waals surface area contributed by atoms with Crippen LogP contribution < -0.4 is 31.8 Å². The molecule has 0 aliphatic heterocycles. The van der Waals surface area contributed by atoms with Gasteiger partial charge in [-0.1, -0.05) is 95.6 Å². The van der Waals surface area contributed by atoms with Crippen molar-refractivity contribution < 1.29 is 15.9 Å². The van der Waals surface area contributed by atoms with Gasteiger partial charge in [0.1, 0.15) is 31.8 Å². The summed E-state index contributed by atoms with van der Waals surface area (Å²) in [6.07, 6.45) is 0. The van der Waals surface area contributed by atoms with Gasteiger partial charge in [0.05, 0.1) is 15.8 Å². The molecule has 0 aromatic heterocycles. The van der Waals surface area contributed by atoms with E-state index in [1.54, 1.807) is 0 Å². The second-order valence-corrected chi connectivity index (χ2v) is 22.7. The van der Waals surface area contributed by atoms with E-state index in [-0.39, 0.29) is 15.9 Å². The average molecular weight is 1180 g/mol. The molecule has 6 aromatic rings. The first-order valence-corrected chi connectivity index (χ1v) is 25.6. The molecule has 0 amide bonds. The summed E-state index contributed by atoms with van der Waals surface area (Å²) in [5.74, 6) is 0. The predicted molar refractivity (Wildman–Crippen MR) is 231 cm³/mol. The van der Waals surface area contributed by atoms with Crippen molar-refractivity contribution >= 4 is 162 Å². The summed E-state index contributed by atoms with van der Waals surface area (Å²) in [7, 11) is 7.65. The minimum absolute atomic E-state index is 0.106. The van der Waals surface area contributed by atoms with Crippen LogP contribution in [0.1, 0.15) is 0 Å². The van der Waals surface area contributed by atoms with Gasteiger partial charge < -0.3 is 0 Å². The van der Waals surface area contributed by atoms with E-state index in [0.717, 1.165) is 26.8 Å². The van der Waals surface area contributed by atoms with E-state index in [0.29, 0.717) is 0 Å². The van der Waals surface area contributed by atoms with Crippen molar-refractivity contribution in [3.63, 3.8) is 0 Å². The molecule has 0 heterocycles. The van der Waals surface area contributed by atoms with E-state index in [9.17, 15) is 0 Å². The van der Waals surface area contributed by atoms with E-state index in [1.807, 2.05) is 0 Å². The SMILES string of the molecule is Brc1ccc([PH+](c2ccc(Br)cc2)c2ccc(Br)cc2)cc1.Brc1ccc([PH+](c2ccc(Br)cc2)c2ccc(Br)cc2)cc1.[Cl][Pd][Cl]. The summed E-state index contributed by atoms with van der Waals surface area (Å²) >= 11 is 21.0. The first kappa shape index (κ1) is 40.1. The summed E-state index contributed by atoms with van der Waals surface area (Å²) < 4.78 is 6.69. The van der Waals surface area contributed by atoms with Crippen LogP contribution in [0.15, 0.2) is 172 Å². The second kappa shape index (κ2) is 21.0. The Kier molecular flexibility index (Phi) is 17.9. The zero-order valence-corrected chi connectivity index (χ0v) is 38.8. The van der Waals surface area contributed by atoms with Crippen molar-refractivity contribution in [1.82, 2.24) is 0 Å². The molecule has 0 fully saturated rings.